The number of pyridine rings is 1. The number of nitrogens with zero attached hydrogens (tertiary/aromatic N) is 2. The maximum atomic E-state index is 12.0. The van der Waals surface area contributed by atoms with Gasteiger partial charge in [0.1, 0.15) is 0 Å². The second-order valence-electron chi connectivity index (χ2n) is 5.38. The summed E-state index contributed by atoms with van der Waals surface area (Å²) in [6.45, 7) is 6.31. The number of aromatic nitrogens is 1. The fraction of sp³-hybridized carbons (Fsp3) is 0.600. The van der Waals surface area contributed by atoms with E-state index in [2.05, 4.69) is 29.0 Å². The van der Waals surface area contributed by atoms with Crippen molar-refractivity contribution < 1.29 is 4.79 Å². The largest absolute Gasteiger partial charge is 0.350 e. The van der Waals surface area contributed by atoms with Gasteiger partial charge in [0.15, 0.2) is 0 Å². The first-order chi connectivity index (χ1) is 9.18. The second kappa shape index (κ2) is 6.66. The van der Waals surface area contributed by atoms with E-state index >= 15 is 0 Å². The first-order valence-corrected chi connectivity index (χ1v) is 7.12. The molecule has 1 fully saturated rings. The first-order valence-electron chi connectivity index (χ1n) is 7.12. The highest BCUT2D eigenvalue weighted by Crippen LogP contribution is 2.18. The van der Waals surface area contributed by atoms with Crippen LogP contribution in [0.3, 0.4) is 0 Å². The van der Waals surface area contributed by atoms with Crippen LogP contribution in [0.25, 0.3) is 0 Å². The number of amides is 1. The molecule has 0 spiro atoms. The molecule has 104 valence electrons. The predicted octanol–water partition coefficient (Wildman–Crippen LogP) is 2.07. The van der Waals surface area contributed by atoms with Gasteiger partial charge in [0.05, 0.1) is 0 Å². The van der Waals surface area contributed by atoms with Crippen molar-refractivity contribution in [1.29, 1.82) is 0 Å². The SMILES string of the molecule is C[C@@H]1CCCCN1[C@H](C)CNC(=O)c1ccncc1. The molecule has 0 aromatic carbocycles. The molecule has 1 amide bonds. The molecule has 0 saturated carbocycles. The number of likely N-dealkylation sites (tertiary alicyclic amines) is 1. The summed E-state index contributed by atoms with van der Waals surface area (Å²) in [4.78, 5) is 18.4. The summed E-state index contributed by atoms with van der Waals surface area (Å²) in [5, 5.41) is 3.01. The minimum atomic E-state index is -0.0149. The van der Waals surface area contributed by atoms with E-state index in [1.54, 1.807) is 24.5 Å². The van der Waals surface area contributed by atoms with E-state index in [0.29, 0.717) is 24.2 Å². The van der Waals surface area contributed by atoms with Crippen LogP contribution in [0, 0.1) is 0 Å². The molecular weight excluding hydrogens is 238 g/mol. The lowest BCUT2D eigenvalue weighted by atomic mass is 10.0. The van der Waals surface area contributed by atoms with Crippen LogP contribution in [-0.2, 0) is 0 Å². The van der Waals surface area contributed by atoms with Crippen LogP contribution < -0.4 is 5.32 Å². The molecule has 2 atom stereocenters. The van der Waals surface area contributed by atoms with Gasteiger partial charge in [-0.1, -0.05) is 6.42 Å². The normalized spacial score (nSPS) is 21.9. The minimum absolute atomic E-state index is 0.0149. The third-order valence-corrected chi connectivity index (χ3v) is 3.92. The Balaban J connectivity index is 1.83. The van der Waals surface area contributed by atoms with Gasteiger partial charge in [-0.15, -0.1) is 0 Å². The smallest absolute Gasteiger partial charge is 0.251 e. The highest BCUT2D eigenvalue weighted by molar-refractivity contribution is 5.93. The van der Waals surface area contributed by atoms with Gasteiger partial charge in [-0.3, -0.25) is 14.7 Å². The van der Waals surface area contributed by atoms with Crippen LogP contribution in [0.15, 0.2) is 24.5 Å². The molecule has 0 bridgehead atoms. The molecule has 0 unspecified atom stereocenters. The molecule has 1 saturated heterocycles. The van der Waals surface area contributed by atoms with Gasteiger partial charge in [0.2, 0.25) is 0 Å². The highest BCUT2D eigenvalue weighted by Gasteiger charge is 2.23. The van der Waals surface area contributed by atoms with E-state index in [1.807, 2.05) is 0 Å². The number of nitrogens with one attached hydrogen (secondary N) is 1. The van der Waals surface area contributed by atoms with Crippen molar-refractivity contribution >= 4 is 5.91 Å². The van der Waals surface area contributed by atoms with Crippen molar-refractivity contribution in [2.45, 2.75) is 45.2 Å². The Bertz CT molecular complexity index is 407. The Morgan fingerprint density at radius 2 is 2.21 bits per heavy atom. The van der Waals surface area contributed by atoms with Crippen LogP contribution >= 0.6 is 0 Å². The van der Waals surface area contributed by atoms with Gasteiger partial charge >= 0.3 is 0 Å². The Morgan fingerprint density at radius 3 is 2.89 bits per heavy atom. The highest BCUT2D eigenvalue weighted by atomic mass is 16.1. The zero-order valence-electron chi connectivity index (χ0n) is 11.8. The average molecular weight is 261 g/mol. The summed E-state index contributed by atoms with van der Waals surface area (Å²) in [5.41, 5.74) is 0.675. The average Bonchev–Trinajstić information content (AvgIpc) is 2.46. The molecule has 1 N–H and O–H groups in total. The maximum absolute atomic E-state index is 12.0. The number of rotatable bonds is 4. The maximum Gasteiger partial charge on any atom is 0.251 e. The Hall–Kier alpha value is -1.42. The summed E-state index contributed by atoms with van der Waals surface area (Å²) in [5.74, 6) is -0.0149. The molecule has 1 aliphatic rings. The third-order valence-electron chi connectivity index (χ3n) is 3.92. The standard InChI is InChI=1S/C15H23N3O/c1-12-5-3-4-10-18(12)13(2)11-17-15(19)14-6-8-16-9-7-14/h6-9,12-13H,3-5,10-11H2,1-2H3,(H,17,19)/t12-,13-/m1/s1. The molecule has 1 aromatic rings. The van der Waals surface area contributed by atoms with Gasteiger partial charge in [-0.05, 0) is 45.4 Å². The van der Waals surface area contributed by atoms with Crippen molar-refractivity contribution in [3.8, 4) is 0 Å². The number of piperidine rings is 1. The minimum Gasteiger partial charge on any atom is -0.350 e. The van der Waals surface area contributed by atoms with Gasteiger partial charge in [-0.2, -0.15) is 0 Å². The number of hydrogen-bond acceptors (Lipinski definition) is 3. The Kier molecular flexibility index (Phi) is 4.91. The topological polar surface area (TPSA) is 45.2 Å². The van der Waals surface area contributed by atoms with Gasteiger partial charge < -0.3 is 5.32 Å². The fourth-order valence-electron chi connectivity index (χ4n) is 2.74. The second-order valence-corrected chi connectivity index (χ2v) is 5.38. The van der Waals surface area contributed by atoms with Crippen LogP contribution in [0.4, 0.5) is 0 Å². The van der Waals surface area contributed by atoms with E-state index in [0.717, 1.165) is 6.54 Å². The van der Waals surface area contributed by atoms with Crippen LogP contribution in [-0.4, -0.2) is 41.0 Å². The zero-order valence-corrected chi connectivity index (χ0v) is 11.8. The lowest BCUT2D eigenvalue weighted by Crippen LogP contribution is -2.48. The van der Waals surface area contributed by atoms with Crippen molar-refractivity contribution in [1.82, 2.24) is 15.2 Å². The number of carbonyl (C=O) groups is 1. The van der Waals surface area contributed by atoms with Crippen LogP contribution in [0.1, 0.15) is 43.5 Å². The summed E-state index contributed by atoms with van der Waals surface area (Å²) in [6.07, 6.45) is 7.15. The van der Waals surface area contributed by atoms with Crippen LogP contribution in [0.2, 0.25) is 0 Å². The molecule has 2 heterocycles. The van der Waals surface area contributed by atoms with Crippen molar-refractivity contribution in [2.75, 3.05) is 13.1 Å². The van der Waals surface area contributed by atoms with E-state index in [-0.39, 0.29) is 5.91 Å². The van der Waals surface area contributed by atoms with Crippen molar-refractivity contribution in [2.24, 2.45) is 0 Å². The molecular formula is C15H23N3O. The lowest BCUT2D eigenvalue weighted by molar-refractivity contribution is 0.0886. The lowest BCUT2D eigenvalue weighted by Gasteiger charge is -2.38. The van der Waals surface area contributed by atoms with E-state index < -0.39 is 0 Å². The van der Waals surface area contributed by atoms with E-state index in [1.165, 1.54) is 19.3 Å². The fourth-order valence-corrected chi connectivity index (χ4v) is 2.74. The molecule has 2 rings (SSSR count). The zero-order chi connectivity index (χ0) is 13.7. The molecule has 0 radical (unpaired) electrons. The predicted molar refractivity (Wildman–Crippen MR) is 76.1 cm³/mol. The monoisotopic (exact) mass is 261 g/mol. The molecule has 1 aliphatic heterocycles. The van der Waals surface area contributed by atoms with Crippen LogP contribution in [0.5, 0.6) is 0 Å². The third kappa shape index (κ3) is 3.77. The molecule has 4 heteroatoms. The number of carbonyl (C=O) groups excluding carboxylic acids is 1. The molecule has 19 heavy (non-hydrogen) atoms. The van der Waals surface area contributed by atoms with E-state index in [9.17, 15) is 4.79 Å². The Morgan fingerprint density at radius 1 is 1.47 bits per heavy atom. The first kappa shape index (κ1) is 14.0. The van der Waals surface area contributed by atoms with Crippen molar-refractivity contribution in [3.63, 3.8) is 0 Å². The van der Waals surface area contributed by atoms with Gasteiger partial charge in [-0.25, -0.2) is 0 Å². The molecule has 0 aliphatic carbocycles. The van der Waals surface area contributed by atoms with Gasteiger partial charge in [0.25, 0.3) is 5.91 Å². The van der Waals surface area contributed by atoms with Gasteiger partial charge in [0, 0.05) is 36.6 Å². The summed E-state index contributed by atoms with van der Waals surface area (Å²) in [7, 11) is 0. The summed E-state index contributed by atoms with van der Waals surface area (Å²) < 4.78 is 0. The van der Waals surface area contributed by atoms with E-state index in [4.69, 9.17) is 0 Å². The number of hydrogen-bond donors (Lipinski definition) is 1. The molecule has 1 aromatic heterocycles. The van der Waals surface area contributed by atoms with Crippen molar-refractivity contribution in [3.05, 3.63) is 30.1 Å². The summed E-state index contributed by atoms with van der Waals surface area (Å²) >= 11 is 0. The molecule has 4 nitrogen and oxygen atoms in total. The Labute approximate surface area is 115 Å². The quantitative estimate of drug-likeness (QED) is 0.902. The summed E-state index contributed by atoms with van der Waals surface area (Å²) in [6, 6.07) is 4.50.